The van der Waals surface area contributed by atoms with Gasteiger partial charge in [-0.25, -0.2) is 19.9 Å². The van der Waals surface area contributed by atoms with Crippen LogP contribution < -0.4 is 10.1 Å². The van der Waals surface area contributed by atoms with Crippen molar-refractivity contribution >= 4 is 83.2 Å². The maximum atomic E-state index is 5.76. The van der Waals surface area contributed by atoms with E-state index in [0.29, 0.717) is 38.8 Å². The highest BCUT2D eigenvalue weighted by molar-refractivity contribution is 9.10. The second-order valence-electron chi connectivity index (χ2n) is 6.71. The van der Waals surface area contributed by atoms with E-state index in [4.69, 9.17) is 16.3 Å². The van der Waals surface area contributed by atoms with Gasteiger partial charge in [0.1, 0.15) is 38.6 Å². The minimum Gasteiger partial charge on any atom is -0.495 e. The molecule has 0 bridgehead atoms. The molecule has 5 heterocycles. The van der Waals surface area contributed by atoms with Crippen molar-refractivity contribution in [3.63, 3.8) is 0 Å². The monoisotopic (exact) mass is 590 g/mol. The van der Waals surface area contributed by atoms with Crippen LogP contribution >= 0.6 is 43.5 Å². The Labute approximate surface area is 207 Å². The Bertz CT molecular complexity index is 1520. The van der Waals surface area contributed by atoms with Crippen molar-refractivity contribution in [3.8, 4) is 5.75 Å². The largest absolute Gasteiger partial charge is 0.495 e. The van der Waals surface area contributed by atoms with E-state index >= 15 is 0 Å². The molecule has 6 rings (SSSR count). The van der Waals surface area contributed by atoms with E-state index in [1.54, 1.807) is 7.11 Å². The zero-order valence-electron chi connectivity index (χ0n) is 16.8. The van der Waals surface area contributed by atoms with Crippen LogP contribution in [0.5, 0.6) is 5.75 Å². The molecule has 0 atom stereocenters. The third kappa shape index (κ3) is 4.14. The molecule has 0 unspecified atom stereocenters. The zero-order valence-corrected chi connectivity index (χ0v) is 20.7. The number of methoxy groups -OCH3 is 1. The fourth-order valence-corrected chi connectivity index (χ4v) is 4.48. The molecule has 0 fully saturated rings. The van der Waals surface area contributed by atoms with Gasteiger partial charge in [-0.2, -0.15) is 10.2 Å². The predicted octanol–water partition coefficient (Wildman–Crippen LogP) is 4.57. The second-order valence-corrected chi connectivity index (χ2v) is 8.65. The number of ether oxygens (including phenoxy) is 1. The quantitative estimate of drug-likeness (QED) is 0.259. The fourth-order valence-electron chi connectivity index (χ4n) is 3.24. The van der Waals surface area contributed by atoms with Crippen LogP contribution in [0.15, 0.2) is 39.0 Å². The van der Waals surface area contributed by atoms with E-state index in [-0.39, 0.29) is 0 Å². The van der Waals surface area contributed by atoms with Gasteiger partial charge >= 0.3 is 0 Å². The number of hydrogen-bond acceptors (Lipinski definition) is 9. The molecular weight excluding hydrogens is 580 g/mol. The van der Waals surface area contributed by atoms with Gasteiger partial charge in [0.25, 0.3) is 0 Å². The van der Waals surface area contributed by atoms with Crippen molar-refractivity contribution in [3.05, 3.63) is 50.3 Å². The molecule has 3 N–H and O–H groups in total. The molecule has 1 aliphatic heterocycles. The van der Waals surface area contributed by atoms with Gasteiger partial charge < -0.3 is 10.1 Å². The first-order chi connectivity index (χ1) is 16.0. The van der Waals surface area contributed by atoms with Crippen LogP contribution in [0.2, 0.25) is 5.15 Å². The molecule has 0 saturated heterocycles. The Morgan fingerprint density at radius 2 is 1.67 bits per heavy atom. The molecule has 1 aromatic carbocycles. The smallest absolute Gasteiger partial charge is 0.187 e. The van der Waals surface area contributed by atoms with Crippen molar-refractivity contribution in [2.24, 2.45) is 4.99 Å². The molecule has 5 aromatic rings. The highest BCUT2D eigenvalue weighted by Crippen LogP contribution is 2.34. The van der Waals surface area contributed by atoms with E-state index in [2.05, 4.69) is 82.5 Å². The van der Waals surface area contributed by atoms with Gasteiger partial charge in [0.2, 0.25) is 0 Å². The number of H-pyrrole nitrogens is 2. The average Bonchev–Trinajstić information content (AvgIpc) is 3.53. The molecule has 0 spiro atoms. The summed E-state index contributed by atoms with van der Waals surface area (Å²) in [5, 5.41) is 18.7. The normalized spacial score (nSPS) is 12.0. The summed E-state index contributed by atoms with van der Waals surface area (Å²) in [5.41, 5.74) is 4.21. The molecule has 0 aliphatic carbocycles. The van der Waals surface area contributed by atoms with Crippen molar-refractivity contribution in [1.29, 1.82) is 0 Å². The Morgan fingerprint density at radius 1 is 0.970 bits per heavy atom. The summed E-state index contributed by atoms with van der Waals surface area (Å²) in [5.74, 6) is 1.40. The van der Waals surface area contributed by atoms with Crippen LogP contribution in [0.25, 0.3) is 22.1 Å². The first-order valence-electron chi connectivity index (χ1n) is 9.37. The summed E-state index contributed by atoms with van der Waals surface area (Å²) in [4.78, 5) is 20.4. The molecule has 14 heteroatoms. The van der Waals surface area contributed by atoms with E-state index < -0.39 is 0 Å². The van der Waals surface area contributed by atoms with Gasteiger partial charge in [0.15, 0.2) is 11.3 Å². The van der Waals surface area contributed by atoms with Crippen LogP contribution in [0.3, 0.4) is 0 Å². The topological polar surface area (TPSA) is 143 Å². The average molecular weight is 593 g/mol. The summed E-state index contributed by atoms with van der Waals surface area (Å²) in [7, 11) is 1.64. The number of halogens is 3. The molecule has 166 valence electrons. The van der Waals surface area contributed by atoms with Crippen molar-refractivity contribution < 1.29 is 4.74 Å². The van der Waals surface area contributed by atoms with Gasteiger partial charge in [-0.05, 0) is 55.1 Å². The molecule has 0 radical (unpaired) electrons. The highest BCUT2D eigenvalue weighted by atomic mass is 79.9. The number of aromatic nitrogens is 8. The molecule has 4 aromatic heterocycles. The van der Waals surface area contributed by atoms with Crippen LogP contribution in [0, 0.1) is 0 Å². The van der Waals surface area contributed by atoms with E-state index in [9.17, 15) is 0 Å². The number of nitrogens with one attached hydrogen (secondary N) is 3. The Morgan fingerprint density at radius 3 is 2.39 bits per heavy atom. The van der Waals surface area contributed by atoms with Crippen molar-refractivity contribution in [2.75, 3.05) is 12.4 Å². The zero-order chi connectivity index (χ0) is 22.9. The van der Waals surface area contributed by atoms with E-state index in [1.165, 1.54) is 12.7 Å². The predicted molar refractivity (Wildman–Crippen MR) is 131 cm³/mol. The third-order valence-electron chi connectivity index (χ3n) is 4.77. The summed E-state index contributed by atoms with van der Waals surface area (Å²) in [6, 6.07) is 4.00. The van der Waals surface area contributed by atoms with Gasteiger partial charge in [0.05, 0.1) is 30.1 Å². The Kier molecular flexibility index (Phi) is 5.91. The first-order valence-corrected chi connectivity index (χ1v) is 11.3. The molecule has 1 aliphatic rings. The molecular formula is C19H13Br2ClN10O. The summed E-state index contributed by atoms with van der Waals surface area (Å²) in [6.45, 7) is 0.691. The molecule has 11 nitrogen and oxygen atoms in total. The van der Waals surface area contributed by atoms with E-state index in [1.807, 2.05) is 18.3 Å². The highest BCUT2D eigenvalue weighted by Gasteiger charge is 2.16. The number of aromatic amines is 2. The van der Waals surface area contributed by atoms with Gasteiger partial charge in [-0.1, -0.05) is 11.6 Å². The van der Waals surface area contributed by atoms with Gasteiger partial charge in [-0.3, -0.25) is 15.2 Å². The minimum absolute atomic E-state index is 0.399. The lowest BCUT2D eigenvalue weighted by molar-refractivity contribution is 0.416. The fraction of sp³-hybridized carbons (Fsp3) is 0.105. The lowest BCUT2D eigenvalue weighted by Crippen LogP contribution is -2.00. The lowest BCUT2D eigenvalue weighted by Gasteiger charge is -2.13. The molecule has 0 amide bonds. The van der Waals surface area contributed by atoms with Crippen LogP contribution in [0.1, 0.15) is 11.1 Å². The number of nitrogens with zero attached hydrogens (tertiary/aromatic N) is 7. The minimum atomic E-state index is 0.399. The molecule has 33 heavy (non-hydrogen) atoms. The van der Waals surface area contributed by atoms with E-state index in [0.717, 1.165) is 32.6 Å². The Balaban J connectivity index is 0.000000174. The SMILES string of the molecule is COc1cc2c(cc1Nc1ncnc3n[nH]c(Br)c13)C=NC2.Clc1ncnc2n[nH]c(Br)c12. The lowest BCUT2D eigenvalue weighted by atomic mass is 10.1. The number of rotatable bonds is 3. The number of fused-ring (bicyclic) bond motifs is 3. The number of hydrogen-bond donors (Lipinski definition) is 3. The van der Waals surface area contributed by atoms with Crippen LogP contribution in [-0.4, -0.2) is 53.7 Å². The third-order valence-corrected chi connectivity index (χ3v) is 6.21. The number of benzene rings is 1. The van der Waals surface area contributed by atoms with Crippen molar-refractivity contribution in [1.82, 2.24) is 40.3 Å². The maximum absolute atomic E-state index is 5.76. The Hall–Kier alpha value is -3.16. The summed E-state index contributed by atoms with van der Waals surface area (Å²) >= 11 is 12.4. The van der Waals surface area contributed by atoms with Crippen molar-refractivity contribution in [2.45, 2.75) is 6.54 Å². The van der Waals surface area contributed by atoms with Crippen LogP contribution in [0.4, 0.5) is 11.5 Å². The second kappa shape index (κ2) is 9.00. The number of anilines is 2. The van der Waals surface area contributed by atoms with Gasteiger partial charge in [0, 0.05) is 6.21 Å². The summed E-state index contributed by atoms with van der Waals surface area (Å²) < 4.78 is 6.91. The standard InChI is InChI=1S/C14H11BrN6O.C5H2BrClN4/c1-22-10-3-8-5-16-4-7(8)2-9(10)19-13-11-12(15)20-21-14(11)18-6-17-13;6-3-2-4(7)8-1-9-5(2)11-10-3/h2-4,6H,5H2,1H3,(H2,17,18,19,20,21);1H,(H,8,9,10,11). The maximum Gasteiger partial charge on any atom is 0.187 e. The van der Waals surface area contributed by atoms with Gasteiger partial charge in [-0.15, -0.1) is 0 Å². The molecule has 0 saturated carbocycles. The first kappa shape index (κ1) is 21.7. The number of aliphatic imine (C=N–C) groups is 1. The van der Waals surface area contributed by atoms with Crippen LogP contribution in [-0.2, 0) is 6.54 Å². The summed E-state index contributed by atoms with van der Waals surface area (Å²) in [6.07, 6.45) is 4.71.